The van der Waals surface area contributed by atoms with Crippen molar-refractivity contribution >= 4 is 71.7 Å². The Labute approximate surface area is 212 Å². The van der Waals surface area contributed by atoms with Crippen LogP contribution < -0.4 is 4.90 Å². The third-order valence-corrected chi connectivity index (χ3v) is 7.24. The number of rotatable bonds is 3. The summed E-state index contributed by atoms with van der Waals surface area (Å²) in [7, 11) is 0. The third-order valence-electron chi connectivity index (χ3n) is 7.24. The largest absolute Gasteiger partial charge is 0.456 e. The fourth-order valence-corrected chi connectivity index (χ4v) is 5.58. The highest BCUT2D eigenvalue weighted by molar-refractivity contribution is 6.17. The molecule has 6 aromatic carbocycles. The van der Waals surface area contributed by atoms with E-state index in [0.29, 0.717) is 0 Å². The van der Waals surface area contributed by atoms with Crippen molar-refractivity contribution in [2.24, 2.45) is 0 Å². The van der Waals surface area contributed by atoms with Gasteiger partial charge in [0.15, 0.2) is 0 Å². The van der Waals surface area contributed by atoms with E-state index in [1.165, 1.54) is 5.39 Å². The highest BCUT2D eigenvalue weighted by Gasteiger charge is 2.20. The molecule has 2 aromatic heterocycles. The van der Waals surface area contributed by atoms with E-state index in [9.17, 15) is 0 Å². The Morgan fingerprint density at radius 3 is 2.11 bits per heavy atom. The second-order valence-corrected chi connectivity index (χ2v) is 9.37. The molecule has 8 rings (SSSR count). The standard InChI is InChI=1S/C34H21NO2/c1-2-10-23(11-3-1)35(29-14-8-16-32-33(29)27-13-6-7-15-30(27)36-32)24-18-20-31-28(21-24)26-19-17-22-9-4-5-12-25(22)34(26)37-31/h1-21H. The number of para-hydroxylation sites is 2. The van der Waals surface area contributed by atoms with Crippen LogP contribution in [0.2, 0.25) is 0 Å². The first kappa shape index (κ1) is 20.2. The molecule has 37 heavy (non-hydrogen) atoms. The molecular weight excluding hydrogens is 454 g/mol. The van der Waals surface area contributed by atoms with Crippen LogP contribution in [-0.2, 0) is 0 Å². The van der Waals surface area contributed by atoms with Gasteiger partial charge in [0.2, 0.25) is 0 Å². The van der Waals surface area contributed by atoms with Crippen molar-refractivity contribution in [2.75, 3.05) is 4.90 Å². The van der Waals surface area contributed by atoms with Gasteiger partial charge >= 0.3 is 0 Å². The molecule has 0 saturated heterocycles. The molecule has 0 radical (unpaired) electrons. The van der Waals surface area contributed by atoms with Gasteiger partial charge in [0.1, 0.15) is 22.3 Å². The van der Waals surface area contributed by atoms with Crippen molar-refractivity contribution in [1.29, 1.82) is 0 Å². The Kier molecular flexibility index (Phi) is 4.23. The van der Waals surface area contributed by atoms with Crippen molar-refractivity contribution in [2.45, 2.75) is 0 Å². The summed E-state index contributed by atoms with van der Waals surface area (Å²) in [6, 6.07) is 44.2. The number of furan rings is 2. The highest BCUT2D eigenvalue weighted by Crippen LogP contribution is 2.44. The first-order valence-corrected chi connectivity index (χ1v) is 12.4. The van der Waals surface area contributed by atoms with Gasteiger partial charge in [-0.15, -0.1) is 0 Å². The van der Waals surface area contributed by atoms with Crippen molar-refractivity contribution in [3.8, 4) is 0 Å². The predicted octanol–water partition coefficient (Wildman–Crippen LogP) is 10.1. The number of hydrogen-bond acceptors (Lipinski definition) is 3. The zero-order valence-corrected chi connectivity index (χ0v) is 19.9. The number of benzene rings is 6. The van der Waals surface area contributed by atoms with Crippen LogP contribution in [0, 0.1) is 0 Å². The third kappa shape index (κ3) is 3.01. The smallest absolute Gasteiger partial charge is 0.143 e. The summed E-state index contributed by atoms with van der Waals surface area (Å²) in [6.45, 7) is 0. The Morgan fingerprint density at radius 2 is 1.19 bits per heavy atom. The first-order valence-electron chi connectivity index (χ1n) is 12.4. The molecule has 3 nitrogen and oxygen atoms in total. The van der Waals surface area contributed by atoms with Gasteiger partial charge in [-0.05, 0) is 60.0 Å². The van der Waals surface area contributed by atoms with E-state index in [2.05, 4.69) is 108 Å². The van der Waals surface area contributed by atoms with E-state index in [4.69, 9.17) is 8.83 Å². The van der Waals surface area contributed by atoms with Crippen molar-refractivity contribution in [1.82, 2.24) is 0 Å². The SMILES string of the molecule is c1ccc(N(c2ccc3oc4c5ccccc5ccc4c3c2)c2cccc3oc4ccccc4c23)cc1. The van der Waals surface area contributed by atoms with Gasteiger partial charge in [0, 0.05) is 32.9 Å². The first-order chi connectivity index (χ1) is 18.3. The Balaban J connectivity index is 1.43. The minimum atomic E-state index is 0.876. The van der Waals surface area contributed by atoms with E-state index in [-0.39, 0.29) is 0 Å². The van der Waals surface area contributed by atoms with Crippen LogP contribution in [0.25, 0.3) is 54.6 Å². The number of nitrogens with zero attached hydrogens (tertiary/aromatic N) is 1. The molecule has 0 aliphatic heterocycles. The van der Waals surface area contributed by atoms with Crippen molar-refractivity contribution in [3.63, 3.8) is 0 Å². The van der Waals surface area contributed by atoms with Gasteiger partial charge in [-0.2, -0.15) is 0 Å². The normalized spacial score (nSPS) is 11.8. The van der Waals surface area contributed by atoms with Gasteiger partial charge in [-0.25, -0.2) is 0 Å². The van der Waals surface area contributed by atoms with Crippen LogP contribution >= 0.6 is 0 Å². The lowest BCUT2D eigenvalue weighted by Gasteiger charge is -2.26. The molecule has 0 bridgehead atoms. The molecular formula is C34H21NO2. The van der Waals surface area contributed by atoms with Crippen LogP contribution in [0.15, 0.2) is 136 Å². The van der Waals surface area contributed by atoms with Crippen LogP contribution in [-0.4, -0.2) is 0 Å². The summed E-state index contributed by atoms with van der Waals surface area (Å²) >= 11 is 0. The van der Waals surface area contributed by atoms with Crippen LogP contribution in [0.3, 0.4) is 0 Å². The van der Waals surface area contributed by atoms with E-state index in [0.717, 1.165) is 66.3 Å². The zero-order valence-electron chi connectivity index (χ0n) is 19.9. The van der Waals surface area contributed by atoms with Crippen LogP contribution in [0.1, 0.15) is 0 Å². The molecule has 2 heterocycles. The van der Waals surface area contributed by atoms with Gasteiger partial charge in [0.05, 0.1) is 11.1 Å². The lowest BCUT2D eigenvalue weighted by Crippen LogP contribution is -2.10. The summed E-state index contributed by atoms with van der Waals surface area (Å²) in [5, 5.41) is 6.74. The second kappa shape index (κ2) is 7.74. The van der Waals surface area contributed by atoms with E-state index >= 15 is 0 Å². The monoisotopic (exact) mass is 475 g/mol. The second-order valence-electron chi connectivity index (χ2n) is 9.37. The average Bonchev–Trinajstić information content (AvgIpc) is 3.53. The maximum atomic E-state index is 6.39. The maximum absolute atomic E-state index is 6.39. The average molecular weight is 476 g/mol. The Morgan fingerprint density at radius 1 is 0.432 bits per heavy atom. The lowest BCUT2D eigenvalue weighted by atomic mass is 10.0. The van der Waals surface area contributed by atoms with Gasteiger partial charge in [-0.1, -0.05) is 72.8 Å². The van der Waals surface area contributed by atoms with Gasteiger partial charge in [0.25, 0.3) is 0 Å². The fourth-order valence-electron chi connectivity index (χ4n) is 5.58. The molecule has 0 aliphatic carbocycles. The van der Waals surface area contributed by atoms with Crippen LogP contribution in [0.4, 0.5) is 17.1 Å². The number of fused-ring (bicyclic) bond motifs is 8. The van der Waals surface area contributed by atoms with Crippen molar-refractivity contribution < 1.29 is 8.83 Å². The molecule has 0 N–H and O–H groups in total. The quantitative estimate of drug-likeness (QED) is 0.255. The summed E-state index contributed by atoms with van der Waals surface area (Å²) < 4.78 is 12.6. The minimum absolute atomic E-state index is 0.876. The molecule has 0 aliphatic rings. The molecule has 0 amide bonds. The number of anilines is 3. The zero-order chi connectivity index (χ0) is 24.3. The molecule has 3 heteroatoms. The summed E-state index contributed by atoms with van der Waals surface area (Å²) in [6.07, 6.45) is 0. The fraction of sp³-hybridized carbons (Fsp3) is 0. The lowest BCUT2D eigenvalue weighted by molar-refractivity contribution is 0.669. The van der Waals surface area contributed by atoms with E-state index in [1.54, 1.807) is 0 Å². The Bertz CT molecular complexity index is 2100. The van der Waals surface area contributed by atoms with Gasteiger partial charge < -0.3 is 13.7 Å². The minimum Gasteiger partial charge on any atom is -0.456 e. The molecule has 0 unspecified atom stereocenters. The highest BCUT2D eigenvalue weighted by atomic mass is 16.3. The Hall–Kier alpha value is -5.02. The maximum Gasteiger partial charge on any atom is 0.143 e. The predicted molar refractivity (Wildman–Crippen MR) is 153 cm³/mol. The summed E-state index contributed by atoms with van der Waals surface area (Å²) in [5.74, 6) is 0. The molecule has 0 atom stereocenters. The molecule has 8 aromatic rings. The van der Waals surface area contributed by atoms with Crippen molar-refractivity contribution in [3.05, 3.63) is 127 Å². The number of hydrogen-bond donors (Lipinski definition) is 0. The van der Waals surface area contributed by atoms with Crippen LogP contribution in [0.5, 0.6) is 0 Å². The molecule has 0 fully saturated rings. The molecule has 174 valence electrons. The van der Waals surface area contributed by atoms with E-state index in [1.807, 2.05) is 24.3 Å². The molecule has 0 saturated carbocycles. The summed E-state index contributed by atoms with van der Waals surface area (Å²) in [4.78, 5) is 2.31. The van der Waals surface area contributed by atoms with E-state index < -0.39 is 0 Å². The molecule has 0 spiro atoms. The topological polar surface area (TPSA) is 29.5 Å². The summed E-state index contributed by atoms with van der Waals surface area (Å²) in [5.41, 5.74) is 6.80. The van der Waals surface area contributed by atoms with Gasteiger partial charge in [-0.3, -0.25) is 0 Å².